The van der Waals surface area contributed by atoms with Crippen LogP contribution < -0.4 is 21.1 Å². The van der Waals surface area contributed by atoms with E-state index in [9.17, 15) is 19.2 Å². The molecule has 1 aliphatic heterocycles. The first-order valence-corrected chi connectivity index (χ1v) is 17.9. The third-order valence-corrected chi connectivity index (χ3v) is 10.0. The van der Waals surface area contributed by atoms with Crippen LogP contribution in [0.4, 0.5) is 10.6 Å². The lowest BCUT2D eigenvalue weighted by molar-refractivity contribution is -0.120. The monoisotopic (exact) mass is 728 g/mol. The molecule has 0 spiro atoms. The zero-order valence-electron chi connectivity index (χ0n) is 30.7. The molecule has 0 atom stereocenters. The summed E-state index contributed by atoms with van der Waals surface area (Å²) in [6, 6.07) is 23.0. The summed E-state index contributed by atoms with van der Waals surface area (Å²) in [4.78, 5) is 60.5. The van der Waals surface area contributed by atoms with Gasteiger partial charge in [-0.15, -0.1) is 0 Å². The lowest BCUT2D eigenvalue weighted by atomic mass is 9.93. The molecule has 3 aromatic carbocycles. The standard InChI is InChI=1S/C43H36N8O4/c1-5-26-19-31(32-18-25(2)42(54)49(3)38(32)21-26)30-10-6-9-28-22-36(46-24-34(28)30)29-12-13-35(45-23-29)41(53)44-16-7-8-27-11-14-37-33(20-27)40(48-50(37)4)51-17-15-39(52)47-43(51)55/h6,9-14,18-24H,5,15-17H2,1-4H3,(H,44,53)(H,47,52,55). The van der Waals surface area contributed by atoms with Gasteiger partial charge in [0, 0.05) is 72.3 Å². The number of hydrogen-bond donors (Lipinski definition) is 2. The van der Waals surface area contributed by atoms with Crippen molar-refractivity contribution < 1.29 is 14.4 Å². The van der Waals surface area contributed by atoms with Gasteiger partial charge in [0.05, 0.1) is 23.3 Å². The van der Waals surface area contributed by atoms with Crippen molar-refractivity contribution in [1.29, 1.82) is 0 Å². The summed E-state index contributed by atoms with van der Waals surface area (Å²) >= 11 is 0. The van der Waals surface area contributed by atoms with Crippen LogP contribution in [0.3, 0.4) is 0 Å². The molecule has 55 heavy (non-hydrogen) atoms. The molecule has 1 saturated heterocycles. The Morgan fingerprint density at radius 2 is 1.75 bits per heavy atom. The van der Waals surface area contributed by atoms with Gasteiger partial charge in [0.25, 0.3) is 11.5 Å². The van der Waals surface area contributed by atoms with Gasteiger partial charge in [-0.25, -0.2) is 4.79 Å². The second-order valence-electron chi connectivity index (χ2n) is 13.6. The second kappa shape index (κ2) is 14.0. The fourth-order valence-corrected chi connectivity index (χ4v) is 7.10. The van der Waals surface area contributed by atoms with E-state index in [2.05, 4.69) is 63.7 Å². The lowest BCUT2D eigenvalue weighted by Gasteiger charge is -2.24. The van der Waals surface area contributed by atoms with Crippen molar-refractivity contribution in [2.45, 2.75) is 26.7 Å². The minimum absolute atomic E-state index is 0.000211. The first-order chi connectivity index (χ1) is 26.6. The fraction of sp³-hybridized carbons (Fsp3) is 0.186. The van der Waals surface area contributed by atoms with Gasteiger partial charge in [-0.3, -0.25) is 39.3 Å². The lowest BCUT2D eigenvalue weighted by Crippen LogP contribution is -2.49. The number of aromatic nitrogens is 5. The number of benzene rings is 3. The molecule has 272 valence electrons. The Labute approximate surface area is 315 Å². The third kappa shape index (κ3) is 6.46. The summed E-state index contributed by atoms with van der Waals surface area (Å²) in [5.74, 6) is 5.83. The van der Waals surface area contributed by atoms with Gasteiger partial charge < -0.3 is 9.88 Å². The number of imide groups is 1. The molecule has 0 unspecified atom stereocenters. The maximum absolute atomic E-state index is 12.9. The quantitative estimate of drug-likeness (QED) is 0.206. The Balaban J connectivity index is 0.982. The third-order valence-electron chi connectivity index (χ3n) is 10.0. The Morgan fingerprint density at radius 3 is 2.53 bits per heavy atom. The molecular formula is C43H36N8O4. The molecule has 12 heteroatoms. The molecule has 0 aliphatic carbocycles. The highest BCUT2D eigenvalue weighted by Gasteiger charge is 2.28. The summed E-state index contributed by atoms with van der Waals surface area (Å²) in [7, 11) is 3.61. The van der Waals surface area contributed by atoms with Crippen molar-refractivity contribution in [2.24, 2.45) is 14.1 Å². The topological polar surface area (TPSA) is 144 Å². The number of nitrogens with zero attached hydrogens (tertiary/aromatic N) is 6. The van der Waals surface area contributed by atoms with E-state index in [-0.39, 0.29) is 42.6 Å². The van der Waals surface area contributed by atoms with E-state index >= 15 is 0 Å². The van der Waals surface area contributed by atoms with Gasteiger partial charge in [0.2, 0.25) is 5.91 Å². The Hall–Kier alpha value is -7.13. The first-order valence-electron chi connectivity index (χ1n) is 17.9. The number of aryl methyl sites for hydroxylation is 4. The Bertz CT molecular complexity index is 2860. The summed E-state index contributed by atoms with van der Waals surface area (Å²) in [5, 5.41) is 13.4. The van der Waals surface area contributed by atoms with E-state index in [1.807, 2.05) is 62.6 Å². The van der Waals surface area contributed by atoms with Crippen molar-refractivity contribution in [3.8, 4) is 34.2 Å². The van der Waals surface area contributed by atoms with Crippen LogP contribution in [0.15, 0.2) is 90.0 Å². The molecule has 12 nitrogen and oxygen atoms in total. The average molecular weight is 729 g/mol. The van der Waals surface area contributed by atoms with Gasteiger partial charge in [-0.2, -0.15) is 5.10 Å². The summed E-state index contributed by atoms with van der Waals surface area (Å²) in [6.07, 6.45) is 4.54. The molecule has 0 bridgehead atoms. The summed E-state index contributed by atoms with van der Waals surface area (Å²) < 4.78 is 3.41. The van der Waals surface area contributed by atoms with E-state index in [0.717, 1.165) is 66.9 Å². The van der Waals surface area contributed by atoms with Gasteiger partial charge in [-0.05, 0) is 84.0 Å². The number of pyridine rings is 3. The fourth-order valence-electron chi connectivity index (χ4n) is 7.10. The Morgan fingerprint density at radius 1 is 0.891 bits per heavy atom. The highest BCUT2D eigenvalue weighted by atomic mass is 16.2. The van der Waals surface area contributed by atoms with E-state index in [1.165, 1.54) is 4.90 Å². The van der Waals surface area contributed by atoms with Crippen LogP contribution in [0.25, 0.3) is 55.0 Å². The molecule has 4 aromatic heterocycles. The zero-order valence-corrected chi connectivity index (χ0v) is 30.7. The van der Waals surface area contributed by atoms with E-state index in [4.69, 9.17) is 4.98 Å². The maximum atomic E-state index is 12.9. The molecule has 0 radical (unpaired) electrons. The van der Waals surface area contributed by atoms with Crippen molar-refractivity contribution in [3.05, 3.63) is 118 Å². The highest BCUT2D eigenvalue weighted by molar-refractivity contribution is 6.09. The number of urea groups is 1. The minimum Gasteiger partial charge on any atom is -0.340 e. The smallest absolute Gasteiger partial charge is 0.329 e. The number of carbonyl (C=O) groups is 3. The number of carbonyl (C=O) groups excluding carboxylic acids is 3. The first kappa shape index (κ1) is 34.9. The molecule has 5 heterocycles. The van der Waals surface area contributed by atoms with Gasteiger partial charge >= 0.3 is 6.03 Å². The van der Waals surface area contributed by atoms with Crippen LogP contribution in [-0.4, -0.2) is 55.3 Å². The van der Waals surface area contributed by atoms with Gasteiger partial charge in [0.1, 0.15) is 5.69 Å². The average Bonchev–Trinajstić information content (AvgIpc) is 3.52. The van der Waals surface area contributed by atoms with Crippen molar-refractivity contribution >= 4 is 56.2 Å². The van der Waals surface area contributed by atoms with Crippen LogP contribution >= 0.6 is 0 Å². The summed E-state index contributed by atoms with van der Waals surface area (Å²) in [6.45, 7) is 4.30. The SMILES string of the molecule is CCc1cc(-c2cccc3cc(-c4ccc(C(=O)NCC#Cc5ccc6c(c5)c(N5CCC(=O)NC5=O)nn6C)nc4)ncc23)c2cc(C)c(=O)n(C)c2c1. The predicted octanol–water partition coefficient (Wildman–Crippen LogP) is 5.80. The minimum atomic E-state index is -0.506. The van der Waals surface area contributed by atoms with Gasteiger partial charge in [-0.1, -0.05) is 43.0 Å². The molecule has 1 fully saturated rings. The second-order valence-corrected chi connectivity index (χ2v) is 13.6. The van der Waals surface area contributed by atoms with Crippen LogP contribution in [0.1, 0.15) is 40.5 Å². The summed E-state index contributed by atoms with van der Waals surface area (Å²) in [5.41, 5.74) is 8.08. The number of hydrogen-bond acceptors (Lipinski definition) is 7. The van der Waals surface area contributed by atoms with Crippen molar-refractivity contribution in [3.63, 3.8) is 0 Å². The largest absolute Gasteiger partial charge is 0.340 e. The predicted molar refractivity (Wildman–Crippen MR) is 213 cm³/mol. The highest BCUT2D eigenvalue weighted by Crippen LogP contribution is 2.36. The normalized spacial score (nSPS) is 12.9. The molecule has 7 aromatic rings. The van der Waals surface area contributed by atoms with Crippen LogP contribution in [0.2, 0.25) is 0 Å². The number of anilines is 1. The molecule has 4 amide bonds. The maximum Gasteiger partial charge on any atom is 0.329 e. The van der Waals surface area contributed by atoms with E-state index in [0.29, 0.717) is 16.9 Å². The van der Waals surface area contributed by atoms with E-state index in [1.54, 1.807) is 28.6 Å². The molecular weight excluding hydrogens is 693 g/mol. The molecule has 2 N–H and O–H groups in total. The van der Waals surface area contributed by atoms with Crippen molar-refractivity contribution in [2.75, 3.05) is 18.0 Å². The van der Waals surface area contributed by atoms with Gasteiger partial charge in [0.15, 0.2) is 5.82 Å². The van der Waals surface area contributed by atoms with Crippen molar-refractivity contribution in [1.82, 2.24) is 34.9 Å². The van der Waals surface area contributed by atoms with Crippen LogP contribution in [-0.2, 0) is 25.3 Å². The number of rotatable bonds is 6. The zero-order chi connectivity index (χ0) is 38.4. The van der Waals surface area contributed by atoms with Crippen LogP contribution in [0, 0.1) is 18.8 Å². The van der Waals surface area contributed by atoms with Crippen LogP contribution in [0.5, 0.6) is 0 Å². The molecule has 1 aliphatic rings. The number of fused-ring (bicyclic) bond motifs is 3. The molecule has 8 rings (SSSR count). The number of amides is 4. The Kier molecular flexibility index (Phi) is 8.90. The number of nitrogens with one attached hydrogen (secondary N) is 2. The van der Waals surface area contributed by atoms with E-state index < -0.39 is 6.03 Å². The molecule has 0 saturated carbocycles.